The van der Waals surface area contributed by atoms with Crippen LogP contribution >= 0.6 is 11.6 Å². The summed E-state index contributed by atoms with van der Waals surface area (Å²) in [4.78, 5) is 22.1. The van der Waals surface area contributed by atoms with Crippen LogP contribution in [-0.4, -0.2) is 23.0 Å². The first-order valence-electron chi connectivity index (χ1n) is 9.12. The van der Waals surface area contributed by atoms with Gasteiger partial charge in [0.1, 0.15) is 11.6 Å². The molecule has 0 bridgehead atoms. The van der Waals surface area contributed by atoms with E-state index in [0.29, 0.717) is 35.4 Å². The number of carbonyl (C=O) groups excluding carboxylic acids is 1. The molecule has 1 aliphatic rings. The fraction of sp³-hybridized carbons (Fsp3) is 0.190. The fourth-order valence-corrected chi connectivity index (χ4v) is 3.96. The van der Waals surface area contributed by atoms with Crippen LogP contribution in [0.3, 0.4) is 0 Å². The van der Waals surface area contributed by atoms with E-state index in [1.807, 2.05) is 0 Å². The zero-order chi connectivity index (χ0) is 21.4. The highest BCUT2D eigenvalue weighted by Gasteiger charge is 2.35. The Kier molecular flexibility index (Phi) is 5.26. The molecule has 1 aromatic heterocycles. The van der Waals surface area contributed by atoms with Crippen molar-refractivity contribution in [2.75, 3.05) is 12.0 Å². The summed E-state index contributed by atoms with van der Waals surface area (Å²) in [5.74, 6) is -0.969. The normalized spacial score (nSPS) is 15.0. The van der Waals surface area contributed by atoms with Crippen LogP contribution in [0.4, 0.5) is 20.4 Å². The molecular formula is C21H17ClF2N4O2. The number of anilines is 2. The summed E-state index contributed by atoms with van der Waals surface area (Å²) >= 11 is 6.00. The van der Waals surface area contributed by atoms with Crippen molar-refractivity contribution in [2.24, 2.45) is 5.73 Å². The standard InChI is InChI=1S/C21H17ClF2N4O2/c1-30-12-9-26-21(27-10-12)28(11-2-5-16(23)15(22)8-11)18-7-4-13-14(20(25)29)3-6-17(24)19(13)18/h2-3,5-6,8-10,18H,4,7H2,1H3,(H2,25,29). The van der Waals surface area contributed by atoms with Crippen LogP contribution in [0.1, 0.15) is 33.9 Å². The zero-order valence-corrected chi connectivity index (χ0v) is 16.7. The average Bonchev–Trinajstić information content (AvgIpc) is 3.17. The molecule has 1 amide bonds. The van der Waals surface area contributed by atoms with Gasteiger partial charge in [0.15, 0.2) is 5.75 Å². The largest absolute Gasteiger partial charge is 0.494 e. The first kappa shape index (κ1) is 20.0. The molecule has 0 fully saturated rings. The highest BCUT2D eigenvalue weighted by molar-refractivity contribution is 6.31. The molecule has 154 valence electrons. The van der Waals surface area contributed by atoms with Crippen LogP contribution in [0.15, 0.2) is 42.7 Å². The van der Waals surface area contributed by atoms with Gasteiger partial charge in [-0.2, -0.15) is 0 Å². The quantitative estimate of drug-likeness (QED) is 0.651. The smallest absolute Gasteiger partial charge is 0.248 e. The van der Waals surface area contributed by atoms with Crippen molar-refractivity contribution in [1.29, 1.82) is 0 Å². The van der Waals surface area contributed by atoms with E-state index in [-0.39, 0.29) is 16.5 Å². The van der Waals surface area contributed by atoms with E-state index >= 15 is 0 Å². The number of ether oxygens (including phenoxy) is 1. The Bertz CT molecular complexity index is 1120. The molecule has 2 aromatic carbocycles. The van der Waals surface area contributed by atoms with Crippen molar-refractivity contribution in [1.82, 2.24) is 9.97 Å². The van der Waals surface area contributed by atoms with Crippen molar-refractivity contribution in [3.63, 3.8) is 0 Å². The highest BCUT2D eigenvalue weighted by atomic mass is 35.5. The van der Waals surface area contributed by atoms with Crippen molar-refractivity contribution in [3.05, 3.63) is 76.1 Å². The number of hydrogen-bond donors (Lipinski definition) is 1. The number of benzene rings is 2. The first-order valence-corrected chi connectivity index (χ1v) is 9.50. The SMILES string of the molecule is COc1cnc(N(c2ccc(F)c(Cl)c2)C2CCc3c(C(N)=O)ccc(F)c32)nc1. The Morgan fingerprint density at radius 2 is 1.90 bits per heavy atom. The molecule has 0 saturated carbocycles. The zero-order valence-electron chi connectivity index (χ0n) is 15.9. The van der Waals surface area contributed by atoms with Gasteiger partial charge in [-0.15, -0.1) is 0 Å². The molecule has 1 atom stereocenters. The summed E-state index contributed by atoms with van der Waals surface area (Å²) in [7, 11) is 1.49. The number of fused-ring (bicyclic) bond motifs is 1. The second-order valence-electron chi connectivity index (χ2n) is 6.80. The maximum Gasteiger partial charge on any atom is 0.248 e. The summed E-state index contributed by atoms with van der Waals surface area (Å²) in [5.41, 5.74) is 7.13. The molecule has 0 radical (unpaired) electrons. The Balaban J connectivity index is 1.89. The molecule has 3 aromatic rings. The van der Waals surface area contributed by atoms with Crippen LogP contribution in [0.2, 0.25) is 5.02 Å². The van der Waals surface area contributed by atoms with Gasteiger partial charge < -0.3 is 15.4 Å². The second-order valence-corrected chi connectivity index (χ2v) is 7.20. The van der Waals surface area contributed by atoms with E-state index in [0.717, 1.165) is 0 Å². The summed E-state index contributed by atoms with van der Waals surface area (Å²) in [6.07, 6.45) is 3.87. The maximum absolute atomic E-state index is 14.9. The lowest BCUT2D eigenvalue weighted by atomic mass is 10.00. The van der Waals surface area contributed by atoms with E-state index in [1.165, 1.54) is 49.8 Å². The molecule has 30 heavy (non-hydrogen) atoms. The molecule has 1 aliphatic carbocycles. The van der Waals surface area contributed by atoms with E-state index in [1.54, 1.807) is 4.90 Å². The van der Waals surface area contributed by atoms with Crippen LogP contribution in [0.5, 0.6) is 5.75 Å². The lowest BCUT2D eigenvalue weighted by Crippen LogP contribution is -2.25. The molecule has 1 heterocycles. The van der Waals surface area contributed by atoms with Gasteiger partial charge in [0.2, 0.25) is 11.9 Å². The van der Waals surface area contributed by atoms with E-state index in [9.17, 15) is 13.6 Å². The number of methoxy groups -OCH3 is 1. The second kappa shape index (κ2) is 7.87. The van der Waals surface area contributed by atoms with Crippen molar-refractivity contribution >= 4 is 29.1 Å². The highest BCUT2D eigenvalue weighted by Crippen LogP contribution is 2.44. The summed E-state index contributed by atoms with van der Waals surface area (Å²) in [6, 6.07) is 6.24. The topological polar surface area (TPSA) is 81.3 Å². The summed E-state index contributed by atoms with van der Waals surface area (Å²) < 4.78 is 33.8. The Labute approximate surface area is 176 Å². The minimum Gasteiger partial charge on any atom is -0.494 e. The van der Waals surface area contributed by atoms with Crippen LogP contribution in [0, 0.1) is 11.6 Å². The molecular weight excluding hydrogens is 414 g/mol. The number of aromatic nitrogens is 2. The lowest BCUT2D eigenvalue weighted by molar-refractivity contribution is 0.0999. The van der Waals surface area contributed by atoms with Crippen LogP contribution in [0.25, 0.3) is 0 Å². The average molecular weight is 431 g/mol. The number of halogens is 3. The molecule has 0 saturated heterocycles. The molecule has 9 heteroatoms. The molecule has 0 aliphatic heterocycles. The number of primary amides is 1. The van der Waals surface area contributed by atoms with Crippen LogP contribution in [-0.2, 0) is 6.42 Å². The molecule has 2 N–H and O–H groups in total. The Morgan fingerprint density at radius 1 is 1.20 bits per heavy atom. The summed E-state index contributed by atoms with van der Waals surface area (Å²) in [6.45, 7) is 0. The number of rotatable bonds is 5. The van der Waals surface area contributed by atoms with Gasteiger partial charge in [-0.3, -0.25) is 4.79 Å². The predicted molar refractivity (Wildman–Crippen MR) is 108 cm³/mol. The predicted octanol–water partition coefficient (Wildman–Crippen LogP) is 4.34. The van der Waals surface area contributed by atoms with Crippen molar-refractivity contribution in [2.45, 2.75) is 18.9 Å². The molecule has 0 spiro atoms. The minimum absolute atomic E-state index is 0.0874. The lowest BCUT2D eigenvalue weighted by Gasteiger charge is -2.30. The number of amides is 1. The van der Waals surface area contributed by atoms with Crippen molar-refractivity contribution in [3.8, 4) is 5.75 Å². The molecule has 1 unspecified atom stereocenters. The van der Waals surface area contributed by atoms with E-state index in [2.05, 4.69) is 9.97 Å². The molecule has 4 rings (SSSR count). The monoisotopic (exact) mass is 430 g/mol. The molecule has 6 nitrogen and oxygen atoms in total. The van der Waals surface area contributed by atoms with Crippen LogP contribution < -0.4 is 15.4 Å². The number of nitrogens with two attached hydrogens (primary N) is 1. The van der Waals surface area contributed by atoms with Gasteiger partial charge in [-0.05, 0) is 48.7 Å². The van der Waals surface area contributed by atoms with E-state index < -0.39 is 23.6 Å². The number of nitrogens with zero attached hydrogens (tertiary/aromatic N) is 3. The van der Waals surface area contributed by atoms with Crippen molar-refractivity contribution < 1.29 is 18.3 Å². The van der Waals surface area contributed by atoms with E-state index in [4.69, 9.17) is 22.1 Å². The maximum atomic E-state index is 14.9. The van der Waals surface area contributed by atoms with Gasteiger partial charge in [-0.1, -0.05) is 11.6 Å². The third kappa shape index (κ3) is 3.43. The Hall–Kier alpha value is -3.26. The van der Waals surface area contributed by atoms with Gasteiger partial charge >= 0.3 is 0 Å². The number of carbonyl (C=O) groups is 1. The Morgan fingerprint density at radius 3 is 2.53 bits per heavy atom. The van der Waals surface area contributed by atoms with Gasteiger partial charge in [0, 0.05) is 16.8 Å². The number of hydrogen-bond acceptors (Lipinski definition) is 5. The van der Waals surface area contributed by atoms with Gasteiger partial charge in [0.25, 0.3) is 0 Å². The fourth-order valence-electron chi connectivity index (χ4n) is 3.79. The van der Waals surface area contributed by atoms with Gasteiger partial charge in [0.05, 0.1) is 30.6 Å². The first-order chi connectivity index (χ1) is 14.4. The van der Waals surface area contributed by atoms with Gasteiger partial charge in [-0.25, -0.2) is 18.7 Å². The third-order valence-electron chi connectivity index (χ3n) is 5.13. The minimum atomic E-state index is -0.621. The third-order valence-corrected chi connectivity index (χ3v) is 5.42. The summed E-state index contributed by atoms with van der Waals surface area (Å²) in [5, 5.41) is -0.0874.